The van der Waals surface area contributed by atoms with Crippen LogP contribution in [0.15, 0.2) is 18.3 Å². The maximum atomic E-state index is 12.9. The SMILES string of the molecule is [C-]#[N+]c1c(NCCc2ccc(F)cn2)nc2c(C)c(C)nn2c1N. The fourth-order valence-electron chi connectivity index (χ4n) is 2.37. The van der Waals surface area contributed by atoms with Crippen molar-refractivity contribution in [2.45, 2.75) is 20.3 Å². The molecule has 0 radical (unpaired) electrons. The molecule has 122 valence electrons. The van der Waals surface area contributed by atoms with E-state index in [1.165, 1.54) is 16.8 Å². The van der Waals surface area contributed by atoms with Gasteiger partial charge in [0.15, 0.2) is 5.65 Å². The highest BCUT2D eigenvalue weighted by Crippen LogP contribution is 2.32. The monoisotopic (exact) mass is 325 g/mol. The molecule has 0 unspecified atom stereocenters. The van der Waals surface area contributed by atoms with Crippen LogP contribution in [-0.4, -0.2) is 26.1 Å². The molecule has 0 spiro atoms. The fourth-order valence-corrected chi connectivity index (χ4v) is 2.37. The van der Waals surface area contributed by atoms with E-state index in [2.05, 4.69) is 25.2 Å². The molecule has 0 aliphatic carbocycles. The summed E-state index contributed by atoms with van der Waals surface area (Å²) in [5.74, 6) is 0.308. The van der Waals surface area contributed by atoms with E-state index in [9.17, 15) is 4.39 Å². The van der Waals surface area contributed by atoms with Gasteiger partial charge < -0.3 is 11.1 Å². The highest BCUT2D eigenvalue weighted by atomic mass is 19.1. The molecule has 0 saturated carbocycles. The minimum absolute atomic E-state index is 0.233. The predicted octanol–water partition coefficient (Wildman–Crippen LogP) is 2.67. The maximum absolute atomic E-state index is 12.9. The van der Waals surface area contributed by atoms with E-state index in [1.807, 2.05) is 13.8 Å². The van der Waals surface area contributed by atoms with Crippen molar-refractivity contribution in [3.63, 3.8) is 0 Å². The van der Waals surface area contributed by atoms with E-state index >= 15 is 0 Å². The summed E-state index contributed by atoms with van der Waals surface area (Å²) in [5.41, 5.74) is 9.41. The number of aromatic nitrogens is 4. The maximum Gasteiger partial charge on any atom is 0.268 e. The van der Waals surface area contributed by atoms with Crippen molar-refractivity contribution in [3.05, 3.63) is 52.5 Å². The van der Waals surface area contributed by atoms with Crippen molar-refractivity contribution >= 4 is 23.0 Å². The summed E-state index contributed by atoms with van der Waals surface area (Å²) in [4.78, 5) is 12.0. The number of fused-ring (bicyclic) bond motifs is 1. The molecule has 0 saturated heterocycles. The summed E-state index contributed by atoms with van der Waals surface area (Å²) >= 11 is 0. The molecule has 0 fully saturated rings. The Hall–Kier alpha value is -3.21. The number of nitrogen functional groups attached to an aromatic ring is 1. The van der Waals surface area contributed by atoms with Crippen molar-refractivity contribution in [3.8, 4) is 0 Å². The molecule has 0 amide bonds. The Kier molecular flexibility index (Phi) is 4.00. The third kappa shape index (κ3) is 2.72. The van der Waals surface area contributed by atoms with Gasteiger partial charge in [-0.05, 0) is 26.0 Å². The number of aryl methyl sites for hydroxylation is 2. The predicted molar refractivity (Wildman–Crippen MR) is 89.5 cm³/mol. The minimum Gasteiger partial charge on any atom is -0.392 e. The van der Waals surface area contributed by atoms with Crippen molar-refractivity contribution in [2.75, 3.05) is 17.6 Å². The minimum atomic E-state index is -0.367. The first kappa shape index (κ1) is 15.7. The number of hydrogen-bond donors (Lipinski definition) is 2. The van der Waals surface area contributed by atoms with E-state index in [0.29, 0.717) is 24.4 Å². The Bertz CT molecular complexity index is 938. The van der Waals surface area contributed by atoms with E-state index in [0.717, 1.165) is 17.0 Å². The number of anilines is 2. The first-order valence-corrected chi connectivity index (χ1v) is 7.38. The zero-order valence-corrected chi connectivity index (χ0v) is 13.3. The van der Waals surface area contributed by atoms with Crippen molar-refractivity contribution < 1.29 is 4.39 Å². The average molecular weight is 325 g/mol. The lowest BCUT2D eigenvalue weighted by atomic mass is 10.2. The molecule has 3 N–H and O–H groups in total. The first-order chi connectivity index (χ1) is 11.5. The van der Waals surface area contributed by atoms with Gasteiger partial charge >= 0.3 is 0 Å². The van der Waals surface area contributed by atoms with Crippen LogP contribution in [-0.2, 0) is 6.42 Å². The first-order valence-electron chi connectivity index (χ1n) is 7.38. The van der Waals surface area contributed by atoms with Crippen molar-refractivity contribution in [2.24, 2.45) is 0 Å². The topological polar surface area (TPSA) is 85.5 Å². The molecule has 3 rings (SSSR count). The molecular formula is C16H16FN7. The van der Waals surface area contributed by atoms with E-state index in [-0.39, 0.29) is 17.3 Å². The number of nitrogens with two attached hydrogens (primary N) is 1. The van der Waals surface area contributed by atoms with E-state index in [1.54, 1.807) is 6.07 Å². The summed E-state index contributed by atoms with van der Waals surface area (Å²) in [7, 11) is 0. The fraction of sp³-hybridized carbons (Fsp3) is 0.250. The van der Waals surface area contributed by atoms with Crippen LogP contribution in [0.2, 0.25) is 0 Å². The number of nitrogens with zero attached hydrogens (tertiary/aromatic N) is 5. The van der Waals surface area contributed by atoms with Crippen LogP contribution in [0.3, 0.4) is 0 Å². The molecule has 24 heavy (non-hydrogen) atoms. The molecule has 7 nitrogen and oxygen atoms in total. The second-order valence-electron chi connectivity index (χ2n) is 5.40. The van der Waals surface area contributed by atoms with Gasteiger partial charge in [-0.1, -0.05) is 0 Å². The standard InChI is InChI=1S/C16H16FN7/c1-9-10(2)23-24-14(18)13(19-3)15(22-16(9)24)20-7-6-12-5-4-11(17)8-21-12/h4-5,8H,6-7,18H2,1-2H3,(H,20,22). The van der Waals surface area contributed by atoms with Crippen LogP contribution in [0.5, 0.6) is 0 Å². The average Bonchev–Trinajstić information content (AvgIpc) is 2.85. The summed E-state index contributed by atoms with van der Waals surface area (Å²) in [6.07, 6.45) is 1.75. The molecule has 3 aromatic heterocycles. The Morgan fingerprint density at radius 2 is 2.17 bits per heavy atom. The van der Waals surface area contributed by atoms with Gasteiger partial charge in [0.25, 0.3) is 5.69 Å². The molecule has 8 heteroatoms. The molecule has 0 bridgehead atoms. The van der Waals surface area contributed by atoms with Crippen molar-refractivity contribution in [1.29, 1.82) is 0 Å². The highest BCUT2D eigenvalue weighted by Gasteiger charge is 2.17. The normalized spacial score (nSPS) is 10.8. The number of hydrogen-bond acceptors (Lipinski definition) is 5. The number of rotatable bonds is 4. The largest absolute Gasteiger partial charge is 0.392 e. The highest BCUT2D eigenvalue weighted by molar-refractivity contribution is 5.80. The third-order valence-electron chi connectivity index (χ3n) is 3.82. The Morgan fingerprint density at radius 1 is 1.38 bits per heavy atom. The second-order valence-corrected chi connectivity index (χ2v) is 5.40. The second kappa shape index (κ2) is 6.12. The molecule has 0 aliphatic rings. The molecule has 0 aliphatic heterocycles. The van der Waals surface area contributed by atoms with Gasteiger partial charge in [-0.2, -0.15) is 5.10 Å². The van der Waals surface area contributed by atoms with Crippen LogP contribution in [0.1, 0.15) is 17.0 Å². The van der Waals surface area contributed by atoms with Crippen LogP contribution >= 0.6 is 0 Å². The Balaban J connectivity index is 1.87. The lowest BCUT2D eigenvalue weighted by molar-refractivity contribution is 0.619. The lowest BCUT2D eigenvalue weighted by Gasteiger charge is -2.10. The van der Waals surface area contributed by atoms with Gasteiger partial charge in [0.1, 0.15) is 17.5 Å². The van der Waals surface area contributed by atoms with Crippen LogP contribution < -0.4 is 11.1 Å². The quantitative estimate of drug-likeness (QED) is 0.720. The van der Waals surface area contributed by atoms with Gasteiger partial charge in [0, 0.05) is 24.2 Å². The summed E-state index contributed by atoms with van der Waals surface area (Å²) in [5, 5.41) is 7.43. The zero-order valence-electron chi connectivity index (χ0n) is 13.3. The van der Waals surface area contributed by atoms with Gasteiger partial charge in [-0.15, -0.1) is 0 Å². The van der Waals surface area contributed by atoms with Crippen LogP contribution in [0, 0.1) is 26.2 Å². The molecule has 0 aromatic carbocycles. The number of pyridine rings is 1. The van der Waals surface area contributed by atoms with Gasteiger partial charge in [0.05, 0.1) is 18.5 Å². The Labute approximate surface area is 138 Å². The smallest absolute Gasteiger partial charge is 0.268 e. The summed E-state index contributed by atoms with van der Waals surface area (Å²) in [6, 6.07) is 3.00. The van der Waals surface area contributed by atoms with Gasteiger partial charge in [0.2, 0.25) is 0 Å². The molecule has 0 atom stereocenters. The third-order valence-corrected chi connectivity index (χ3v) is 3.82. The Morgan fingerprint density at radius 3 is 2.83 bits per heavy atom. The molecule has 3 heterocycles. The summed E-state index contributed by atoms with van der Waals surface area (Å²) < 4.78 is 14.4. The van der Waals surface area contributed by atoms with E-state index in [4.69, 9.17) is 12.3 Å². The van der Waals surface area contributed by atoms with Crippen LogP contribution in [0.4, 0.5) is 21.7 Å². The zero-order chi connectivity index (χ0) is 17.3. The molecular weight excluding hydrogens is 309 g/mol. The van der Waals surface area contributed by atoms with Gasteiger partial charge in [-0.3, -0.25) is 4.98 Å². The molecule has 3 aromatic rings. The summed E-state index contributed by atoms with van der Waals surface area (Å²) in [6.45, 7) is 11.6. The van der Waals surface area contributed by atoms with E-state index < -0.39 is 0 Å². The lowest BCUT2D eigenvalue weighted by Crippen LogP contribution is -2.10. The van der Waals surface area contributed by atoms with Crippen LogP contribution in [0.25, 0.3) is 10.5 Å². The van der Waals surface area contributed by atoms with Gasteiger partial charge in [-0.25, -0.2) is 18.7 Å². The van der Waals surface area contributed by atoms with Crippen molar-refractivity contribution in [1.82, 2.24) is 19.6 Å². The number of halogens is 1. The number of nitrogens with one attached hydrogen (secondary N) is 1.